The minimum Gasteiger partial charge on any atom is -0.370 e. The molecule has 0 saturated heterocycles. The monoisotopic (exact) mass is 321 g/mol. The van der Waals surface area contributed by atoms with E-state index in [1.165, 1.54) is 6.42 Å². The molecule has 0 unspecified atom stereocenters. The predicted octanol–water partition coefficient (Wildman–Crippen LogP) is 4.48. The van der Waals surface area contributed by atoms with Gasteiger partial charge in [-0.2, -0.15) is 5.10 Å². The smallest absolute Gasteiger partial charge is 0.124 e. The third-order valence-electron chi connectivity index (χ3n) is 4.78. The number of aromatic nitrogens is 2. The van der Waals surface area contributed by atoms with Crippen LogP contribution in [0.4, 0.5) is 5.82 Å². The van der Waals surface area contributed by atoms with Gasteiger partial charge >= 0.3 is 0 Å². The molecule has 0 radical (unpaired) electrons. The highest BCUT2D eigenvalue weighted by atomic mass is 35.5. The second kappa shape index (κ2) is 4.92. The van der Waals surface area contributed by atoms with Gasteiger partial charge in [-0.3, -0.25) is 0 Å². The molecule has 0 atom stereocenters. The van der Waals surface area contributed by atoms with Crippen molar-refractivity contribution >= 4 is 29.0 Å². The van der Waals surface area contributed by atoms with Gasteiger partial charge in [0.2, 0.25) is 0 Å². The van der Waals surface area contributed by atoms with E-state index in [-0.39, 0.29) is 5.41 Å². The fraction of sp³-hybridized carbons (Fsp3) is 0.438. The molecular formula is C16H17Cl2N3. The minimum absolute atomic E-state index is 0.0340. The van der Waals surface area contributed by atoms with Crippen LogP contribution in [0, 0.1) is 0 Å². The van der Waals surface area contributed by atoms with Crippen LogP contribution in [-0.4, -0.2) is 16.3 Å². The van der Waals surface area contributed by atoms with Gasteiger partial charge in [-0.05, 0) is 37.0 Å². The summed E-state index contributed by atoms with van der Waals surface area (Å²) in [4.78, 5) is 0. The van der Waals surface area contributed by atoms with Gasteiger partial charge in [-0.25, -0.2) is 4.68 Å². The van der Waals surface area contributed by atoms with Crippen LogP contribution in [0.25, 0.3) is 0 Å². The van der Waals surface area contributed by atoms with Crippen molar-refractivity contribution in [2.24, 2.45) is 0 Å². The first-order valence-corrected chi connectivity index (χ1v) is 8.22. The van der Waals surface area contributed by atoms with E-state index in [9.17, 15) is 0 Å². The number of benzene rings is 1. The fourth-order valence-corrected chi connectivity index (χ4v) is 4.07. The van der Waals surface area contributed by atoms with Crippen LogP contribution in [0.2, 0.25) is 10.0 Å². The molecule has 1 aliphatic heterocycles. The van der Waals surface area contributed by atoms with Crippen molar-refractivity contribution in [1.29, 1.82) is 0 Å². The Balaban J connectivity index is 1.81. The SMILES string of the molecule is Clc1ccc(C2(c3cc4n(n3)CCCN4)CCC2)c(Cl)c1. The van der Waals surface area contributed by atoms with E-state index in [2.05, 4.69) is 22.1 Å². The molecule has 4 rings (SSSR count). The summed E-state index contributed by atoms with van der Waals surface area (Å²) in [6.45, 7) is 2.02. The second-order valence-corrected chi connectivity index (χ2v) is 6.82. The molecule has 1 N–H and O–H groups in total. The van der Waals surface area contributed by atoms with Crippen molar-refractivity contribution in [3.8, 4) is 0 Å². The summed E-state index contributed by atoms with van der Waals surface area (Å²) in [6.07, 6.45) is 4.55. The van der Waals surface area contributed by atoms with Crippen molar-refractivity contribution < 1.29 is 0 Å². The summed E-state index contributed by atoms with van der Waals surface area (Å²) in [7, 11) is 0. The van der Waals surface area contributed by atoms with Crippen LogP contribution in [-0.2, 0) is 12.0 Å². The Labute approximate surface area is 134 Å². The van der Waals surface area contributed by atoms with Crippen LogP contribution >= 0.6 is 23.2 Å². The molecule has 1 saturated carbocycles. The number of halogens is 2. The molecule has 0 amide bonds. The van der Waals surface area contributed by atoms with E-state index in [0.29, 0.717) is 5.02 Å². The molecular weight excluding hydrogens is 305 g/mol. The number of hydrogen-bond acceptors (Lipinski definition) is 2. The Morgan fingerprint density at radius 1 is 1.14 bits per heavy atom. The number of fused-ring (bicyclic) bond motifs is 1. The Morgan fingerprint density at radius 2 is 2.00 bits per heavy atom. The van der Waals surface area contributed by atoms with Crippen molar-refractivity contribution in [1.82, 2.24) is 9.78 Å². The zero-order valence-electron chi connectivity index (χ0n) is 11.7. The maximum Gasteiger partial charge on any atom is 0.124 e. The largest absolute Gasteiger partial charge is 0.370 e. The van der Waals surface area contributed by atoms with Crippen molar-refractivity contribution in [3.05, 3.63) is 45.6 Å². The number of rotatable bonds is 2. The lowest BCUT2D eigenvalue weighted by Gasteiger charge is -2.41. The molecule has 2 heterocycles. The first-order chi connectivity index (χ1) is 10.2. The second-order valence-electron chi connectivity index (χ2n) is 5.98. The highest BCUT2D eigenvalue weighted by Crippen LogP contribution is 2.51. The third-order valence-corrected chi connectivity index (χ3v) is 5.32. The summed E-state index contributed by atoms with van der Waals surface area (Å²) in [5.74, 6) is 1.13. The molecule has 1 aliphatic carbocycles. The summed E-state index contributed by atoms with van der Waals surface area (Å²) in [5, 5.41) is 9.71. The maximum absolute atomic E-state index is 6.47. The highest BCUT2D eigenvalue weighted by Gasteiger charge is 2.44. The van der Waals surface area contributed by atoms with Gasteiger partial charge in [0.25, 0.3) is 0 Å². The normalized spacial score (nSPS) is 19.5. The first kappa shape index (κ1) is 13.5. The third kappa shape index (κ3) is 2.06. The summed E-state index contributed by atoms with van der Waals surface area (Å²) in [5.41, 5.74) is 2.27. The van der Waals surface area contributed by atoms with Crippen LogP contribution in [0.3, 0.4) is 0 Å². The molecule has 3 nitrogen and oxygen atoms in total. The van der Waals surface area contributed by atoms with Gasteiger partial charge < -0.3 is 5.32 Å². The van der Waals surface area contributed by atoms with Gasteiger partial charge in [0.15, 0.2) is 0 Å². The molecule has 110 valence electrons. The number of aryl methyl sites for hydroxylation is 1. The quantitative estimate of drug-likeness (QED) is 0.884. The van der Waals surface area contributed by atoms with Gasteiger partial charge in [0.05, 0.1) is 5.69 Å². The zero-order chi connectivity index (χ0) is 14.4. The van der Waals surface area contributed by atoms with Gasteiger partial charge in [-0.15, -0.1) is 0 Å². The van der Waals surface area contributed by atoms with E-state index < -0.39 is 0 Å². The van der Waals surface area contributed by atoms with Gasteiger partial charge in [0, 0.05) is 34.6 Å². The molecule has 2 aliphatic rings. The summed E-state index contributed by atoms with van der Waals surface area (Å²) < 4.78 is 2.09. The standard InChI is InChI=1S/C16H17Cl2N3/c17-11-3-4-12(13(18)9-11)16(5-1-6-16)14-10-15-19-7-2-8-21(15)20-14/h3-4,9-10,19H,1-2,5-8H2. The molecule has 21 heavy (non-hydrogen) atoms. The zero-order valence-corrected chi connectivity index (χ0v) is 13.2. The van der Waals surface area contributed by atoms with Crippen molar-refractivity contribution in [3.63, 3.8) is 0 Å². The average molecular weight is 322 g/mol. The fourth-order valence-electron chi connectivity index (χ4n) is 3.48. The van der Waals surface area contributed by atoms with Gasteiger partial charge in [-0.1, -0.05) is 35.7 Å². The van der Waals surface area contributed by atoms with Crippen LogP contribution < -0.4 is 5.32 Å². The predicted molar refractivity (Wildman–Crippen MR) is 86.4 cm³/mol. The Bertz CT molecular complexity index is 665. The van der Waals surface area contributed by atoms with Crippen LogP contribution in [0.5, 0.6) is 0 Å². The van der Waals surface area contributed by atoms with Crippen molar-refractivity contribution in [2.75, 3.05) is 11.9 Å². The number of anilines is 1. The molecule has 5 heteroatoms. The van der Waals surface area contributed by atoms with Gasteiger partial charge in [0.1, 0.15) is 5.82 Å². The van der Waals surface area contributed by atoms with Crippen molar-refractivity contribution in [2.45, 2.75) is 37.6 Å². The topological polar surface area (TPSA) is 29.9 Å². The lowest BCUT2D eigenvalue weighted by atomic mass is 9.62. The molecule has 1 aromatic heterocycles. The number of nitrogens with zero attached hydrogens (tertiary/aromatic N) is 2. The van der Waals surface area contributed by atoms with E-state index >= 15 is 0 Å². The van der Waals surface area contributed by atoms with E-state index in [4.69, 9.17) is 28.3 Å². The highest BCUT2D eigenvalue weighted by molar-refractivity contribution is 6.35. The van der Waals surface area contributed by atoms with E-state index in [1.54, 1.807) is 0 Å². The first-order valence-electron chi connectivity index (χ1n) is 7.47. The Hall–Kier alpha value is -1.19. The van der Waals surface area contributed by atoms with E-state index in [1.807, 2.05) is 12.1 Å². The van der Waals surface area contributed by atoms with Crippen LogP contribution in [0.1, 0.15) is 36.9 Å². The molecule has 2 aromatic rings. The number of nitrogens with one attached hydrogen (secondary N) is 1. The summed E-state index contributed by atoms with van der Waals surface area (Å²) >= 11 is 12.5. The summed E-state index contributed by atoms with van der Waals surface area (Å²) in [6, 6.07) is 8.03. The van der Waals surface area contributed by atoms with Crippen LogP contribution in [0.15, 0.2) is 24.3 Å². The minimum atomic E-state index is -0.0340. The lowest BCUT2D eigenvalue weighted by Crippen LogP contribution is -2.36. The molecule has 0 bridgehead atoms. The molecule has 1 fully saturated rings. The van der Waals surface area contributed by atoms with E-state index in [0.717, 1.165) is 54.4 Å². The Kier molecular flexibility index (Phi) is 3.16. The number of hydrogen-bond donors (Lipinski definition) is 1. The lowest BCUT2D eigenvalue weighted by molar-refractivity contribution is 0.291. The molecule has 0 spiro atoms. The maximum atomic E-state index is 6.47. The Morgan fingerprint density at radius 3 is 2.67 bits per heavy atom. The average Bonchev–Trinajstić information content (AvgIpc) is 2.83. The molecule has 1 aromatic carbocycles.